The van der Waals surface area contributed by atoms with Crippen molar-refractivity contribution in [2.75, 3.05) is 22.8 Å². The van der Waals surface area contributed by atoms with Crippen LogP contribution in [0.5, 0.6) is 5.75 Å². The lowest BCUT2D eigenvalue weighted by molar-refractivity contribution is 0.0989. The number of fused-ring (bicyclic) bond motifs is 1. The molecule has 2 aromatic carbocycles. The van der Waals surface area contributed by atoms with E-state index < -0.39 is 10.0 Å². The molecule has 0 radical (unpaired) electrons. The average molecular weight is 423 g/mol. The number of amides is 1. The third-order valence-corrected chi connectivity index (χ3v) is 6.23. The largest absolute Gasteiger partial charge is 0.494 e. The molecular weight excluding hydrogens is 402 g/mol. The molecule has 8 heteroatoms. The van der Waals surface area contributed by atoms with Crippen LogP contribution in [-0.2, 0) is 16.4 Å². The van der Waals surface area contributed by atoms with Gasteiger partial charge in [-0.1, -0.05) is 6.07 Å². The van der Waals surface area contributed by atoms with E-state index in [1.54, 1.807) is 47.5 Å². The lowest BCUT2D eigenvalue weighted by Gasteiger charge is -2.18. The predicted octanol–water partition coefficient (Wildman–Crippen LogP) is 3.48. The van der Waals surface area contributed by atoms with Crippen molar-refractivity contribution in [1.29, 1.82) is 0 Å². The molecule has 0 unspecified atom stereocenters. The Morgan fingerprint density at radius 3 is 2.67 bits per heavy atom. The molecule has 0 saturated heterocycles. The summed E-state index contributed by atoms with van der Waals surface area (Å²) < 4.78 is 33.5. The summed E-state index contributed by atoms with van der Waals surface area (Å²) in [6.07, 6.45) is 3.86. The van der Waals surface area contributed by atoms with Crippen molar-refractivity contribution in [2.45, 2.75) is 18.2 Å². The van der Waals surface area contributed by atoms with Crippen LogP contribution in [0.1, 0.15) is 22.8 Å². The quantitative estimate of drug-likeness (QED) is 0.656. The number of sulfonamides is 1. The summed E-state index contributed by atoms with van der Waals surface area (Å²) in [6.45, 7) is 2.91. The van der Waals surface area contributed by atoms with E-state index in [0.29, 0.717) is 42.3 Å². The Kier molecular flexibility index (Phi) is 5.41. The molecule has 0 atom stereocenters. The van der Waals surface area contributed by atoms with E-state index in [0.717, 1.165) is 5.56 Å². The monoisotopic (exact) mass is 423 g/mol. The van der Waals surface area contributed by atoms with Crippen LogP contribution >= 0.6 is 0 Å². The van der Waals surface area contributed by atoms with Crippen molar-refractivity contribution in [3.8, 4) is 5.75 Å². The fourth-order valence-electron chi connectivity index (χ4n) is 3.39. The Labute approximate surface area is 175 Å². The Morgan fingerprint density at radius 2 is 1.97 bits per heavy atom. The normalized spacial score (nSPS) is 13.0. The van der Waals surface area contributed by atoms with E-state index in [1.165, 1.54) is 18.3 Å². The number of aromatic nitrogens is 1. The minimum atomic E-state index is -3.77. The van der Waals surface area contributed by atoms with Gasteiger partial charge in [0, 0.05) is 24.6 Å². The minimum Gasteiger partial charge on any atom is -0.494 e. The fraction of sp³-hybridized carbons (Fsp3) is 0.182. The summed E-state index contributed by atoms with van der Waals surface area (Å²) in [5, 5.41) is 0. The molecule has 1 N–H and O–H groups in total. The maximum atomic E-state index is 12.8. The first-order chi connectivity index (χ1) is 14.5. The van der Waals surface area contributed by atoms with Gasteiger partial charge in [0.25, 0.3) is 15.9 Å². The van der Waals surface area contributed by atoms with Crippen molar-refractivity contribution in [2.24, 2.45) is 0 Å². The Balaban J connectivity index is 1.57. The minimum absolute atomic E-state index is 0.134. The van der Waals surface area contributed by atoms with Crippen LogP contribution in [-0.4, -0.2) is 32.5 Å². The Bertz CT molecular complexity index is 1160. The lowest BCUT2D eigenvalue weighted by atomic mass is 10.1. The number of benzene rings is 2. The van der Waals surface area contributed by atoms with Crippen LogP contribution < -0.4 is 14.4 Å². The van der Waals surface area contributed by atoms with Gasteiger partial charge in [-0.3, -0.25) is 14.5 Å². The standard InChI is InChI=1S/C22H21N3O4S/c1-2-29-19-7-9-20(10-8-19)30(27,28)24-18-6-5-16-11-13-25(21(16)14-18)22(26)17-4-3-12-23-15-17/h3-10,12,14-15,24H,2,11,13H2,1H3. The number of nitrogens with zero attached hydrogens (tertiary/aromatic N) is 2. The molecule has 30 heavy (non-hydrogen) atoms. The molecule has 7 nitrogen and oxygen atoms in total. The summed E-state index contributed by atoms with van der Waals surface area (Å²) in [7, 11) is -3.77. The van der Waals surface area contributed by atoms with E-state index in [4.69, 9.17) is 4.74 Å². The first kappa shape index (κ1) is 19.9. The molecule has 1 aromatic heterocycles. The molecule has 0 fully saturated rings. The maximum absolute atomic E-state index is 12.8. The van der Waals surface area contributed by atoms with Crippen LogP contribution in [0.25, 0.3) is 0 Å². The van der Waals surface area contributed by atoms with Crippen molar-refractivity contribution in [3.05, 3.63) is 78.1 Å². The second-order valence-corrected chi connectivity index (χ2v) is 8.48. The summed E-state index contributed by atoms with van der Waals surface area (Å²) >= 11 is 0. The topological polar surface area (TPSA) is 88.6 Å². The van der Waals surface area contributed by atoms with Gasteiger partial charge >= 0.3 is 0 Å². The zero-order chi connectivity index (χ0) is 21.1. The molecule has 0 saturated carbocycles. The number of hydrogen-bond acceptors (Lipinski definition) is 5. The van der Waals surface area contributed by atoms with E-state index >= 15 is 0 Å². The molecule has 4 rings (SSSR count). The SMILES string of the molecule is CCOc1ccc(S(=O)(=O)Nc2ccc3c(c2)N(C(=O)c2cccnc2)CC3)cc1. The third kappa shape index (κ3) is 3.99. The van der Waals surface area contributed by atoms with Crippen LogP contribution in [0, 0.1) is 0 Å². The molecular formula is C22H21N3O4S. The zero-order valence-corrected chi connectivity index (χ0v) is 17.2. The smallest absolute Gasteiger partial charge is 0.261 e. The van der Waals surface area contributed by atoms with Crippen molar-refractivity contribution < 1.29 is 17.9 Å². The number of ether oxygens (including phenoxy) is 1. The van der Waals surface area contributed by atoms with Gasteiger partial charge in [-0.05, 0) is 67.4 Å². The lowest BCUT2D eigenvalue weighted by Crippen LogP contribution is -2.29. The zero-order valence-electron chi connectivity index (χ0n) is 16.4. The van der Waals surface area contributed by atoms with Gasteiger partial charge in [-0.2, -0.15) is 0 Å². The van der Waals surface area contributed by atoms with Gasteiger partial charge in [0.1, 0.15) is 5.75 Å². The molecule has 3 aromatic rings. The number of pyridine rings is 1. The predicted molar refractivity (Wildman–Crippen MR) is 114 cm³/mol. The first-order valence-electron chi connectivity index (χ1n) is 9.58. The molecule has 1 aliphatic heterocycles. The number of carbonyl (C=O) groups is 1. The Morgan fingerprint density at radius 1 is 1.17 bits per heavy atom. The number of hydrogen-bond donors (Lipinski definition) is 1. The molecule has 1 aliphatic rings. The highest BCUT2D eigenvalue weighted by atomic mass is 32.2. The fourth-order valence-corrected chi connectivity index (χ4v) is 4.44. The highest BCUT2D eigenvalue weighted by Gasteiger charge is 2.26. The number of anilines is 2. The average Bonchev–Trinajstić information content (AvgIpc) is 3.17. The number of rotatable bonds is 6. The number of carbonyl (C=O) groups excluding carboxylic acids is 1. The van der Waals surface area contributed by atoms with Gasteiger partial charge in [0.2, 0.25) is 0 Å². The summed E-state index contributed by atoms with van der Waals surface area (Å²) in [5.74, 6) is 0.451. The van der Waals surface area contributed by atoms with Crippen molar-refractivity contribution >= 4 is 27.3 Å². The summed E-state index contributed by atoms with van der Waals surface area (Å²) in [4.78, 5) is 18.6. The summed E-state index contributed by atoms with van der Waals surface area (Å²) in [6, 6.07) is 14.9. The van der Waals surface area contributed by atoms with Gasteiger partial charge in [0.15, 0.2) is 0 Å². The third-order valence-electron chi connectivity index (χ3n) is 4.83. The van der Waals surface area contributed by atoms with Crippen molar-refractivity contribution in [1.82, 2.24) is 4.98 Å². The van der Waals surface area contributed by atoms with Gasteiger partial charge < -0.3 is 9.64 Å². The number of nitrogens with one attached hydrogen (secondary N) is 1. The molecule has 1 amide bonds. The van der Waals surface area contributed by atoms with Crippen LogP contribution in [0.4, 0.5) is 11.4 Å². The molecule has 0 bridgehead atoms. The highest BCUT2D eigenvalue weighted by Crippen LogP contribution is 2.32. The van der Waals surface area contributed by atoms with Crippen LogP contribution in [0.15, 0.2) is 71.9 Å². The highest BCUT2D eigenvalue weighted by molar-refractivity contribution is 7.92. The van der Waals surface area contributed by atoms with E-state index in [9.17, 15) is 13.2 Å². The van der Waals surface area contributed by atoms with Gasteiger partial charge in [-0.25, -0.2) is 8.42 Å². The van der Waals surface area contributed by atoms with Gasteiger partial charge in [0.05, 0.1) is 22.8 Å². The molecule has 0 aliphatic carbocycles. The molecule has 2 heterocycles. The second-order valence-electron chi connectivity index (χ2n) is 6.80. The van der Waals surface area contributed by atoms with Crippen LogP contribution in [0.2, 0.25) is 0 Å². The van der Waals surface area contributed by atoms with Crippen molar-refractivity contribution in [3.63, 3.8) is 0 Å². The summed E-state index contributed by atoms with van der Waals surface area (Å²) in [5.41, 5.74) is 2.59. The maximum Gasteiger partial charge on any atom is 0.261 e. The van der Waals surface area contributed by atoms with E-state index in [2.05, 4.69) is 9.71 Å². The first-order valence-corrected chi connectivity index (χ1v) is 11.1. The molecule has 154 valence electrons. The second kappa shape index (κ2) is 8.16. The van der Waals surface area contributed by atoms with E-state index in [1.807, 2.05) is 13.0 Å². The Hall–Kier alpha value is -3.39. The molecule has 0 spiro atoms. The van der Waals surface area contributed by atoms with E-state index in [-0.39, 0.29) is 10.8 Å². The van der Waals surface area contributed by atoms with Crippen LogP contribution in [0.3, 0.4) is 0 Å². The van der Waals surface area contributed by atoms with Gasteiger partial charge in [-0.15, -0.1) is 0 Å².